The predicted octanol–water partition coefficient (Wildman–Crippen LogP) is 0.607. The summed E-state index contributed by atoms with van der Waals surface area (Å²) in [5.74, 6) is -0.415. The van der Waals surface area contributed by atoms with Crippen LogP contribution in [0.1, 0.15) is 40.0 Å². The van der Waals surface area contributed by atoms with Crippen molar-refractivity contribution in [3.05, 3.63) is 0 Å². The van der Waals surface area contributed by atoms with Crippen LogP contribution in [0.25, 0.3) is 0 Å². The maximum atomic E-state index is 12.1. The average molecular weight is 358 g/mol. The molecular formula is C15H26N4O6. The zero-order chi connectivity index (χ0) is 18.6. The maximum absolute atomic E-state index is 12.1. The lowest BCUT2D eigenvalue weighted by Gasteiger charge is -2.28. The van der Waals surface area contributed by atoms with Crippen molar-refractivity contribution in [3.63, 3.8) is 0 Å². The summed E-state index contributed by atoms with van der Waals surface area (Å²) in [6, 6.07) is -1.43. The Balaban J connectivity index is 1.60. The molecule has 2 heterocycles. The molecule has 0 aromatic carbocycles. The minimum atomic E-state index is -0.638. The summed E-state index contributed by atoms with van der Waals surface area (Å²) in [6.07, 6.45) is 1.02. The molecule has 3 N–H and O–H groups in total. The van der Waals surface area contributed by atoms with Gasteiger partial charge in [-0.25, -0.2) is 20.1 Å². The summed E-state index contributed by atoms with van der Waals surface area (Å²) in [4.78, 5) is 41.8. The fourth-order valence-electron chi connectivity index (χ4n) is 2.76. The molecule has 2 fully saturated rings. The third-order valence-corrected chi connectivity index (χ3v) is 3.91. The molecule has 2 aliphatic heterocycles. The molecule has 0 radical (unpaired) electrons. The Labute approximate surface area is 146 Å². The SMILES string of the molecule is CC(C)(C)OC(=O)NCCCONC(=O)[C@@H]1CC[C@@H]2CN1C(=O)N2O. The maximum Gasteiger partial charge on any atom is 0.407 e. The first-order valence-corrected chi connectivity index (χ1v) is 8.36. The lowest BCUT2D eigenvalue weighted by molar-refractivity contribution is -0.138. The average Bonchev–Trinajstić information content (AvgIpc) is 2.73. The van der Waals surface area contributed by atoms with E-state index in [0.29, 0.717) is 37.4 Å². The summed E-state index contributed by atoms with van der Waals surface area (Å²) in [5, 5.41) is 12.9. The number of carbonyl (C=O) groups excluding carboxylic acids is 3. The molecule has 2 saturated heterocycles. The van der Waals surface area contributed by atoms with Crippen LogP contribution in [0.4, 0.5) is 9.59 Å². The highest BCUT2D eigenvalue weighted by atomic mass is 16.7. The van der Waals surface area contributed by atoms with Crippen molar-refractivity contribution in [2.24, 2.45) is 0 Å². The van der Waals surface area contributed by atoms with E-state index in [0.717, 1.165) is 0 Å². The van der Waals surface area contributed by atoms with E-state index >= 15 is 0 Å². The molecule has 2 bridgehead atoms. The van der Waals surface area contributed by atoms with E-state index in [4.69, 9.17) is 9.57 Å². The van der Waals surface area contributed by atoms with Gasteiger partial charge in [-0.15, -0.1) is 0 Å². The van der Waals surface area contributed by atoms with Crippen molar-refractivity contribution in [1.82, 2.24) is 20.8 Å². The van der Waals surface area contributed by atoms with Crippen molar-refractivity contribution in [1.29, 1.82) is 0 Å². The predicted molar refractivity (Wildman–Crippen MR) is 85.5 cm³/mol. The number of alkyl carbamates (subject to hydrolysis) is 1. The first-order valence-electron chi connectivity index (χ1n) is 8.36. The van der Waals surface area contributed by atoms with Gasteiger partial charge < -0.3 is 15.0 Å². The van der Waals surface area contributed by atoms with Crippen LogP contribution in [0.3, 0.4) is 0 Å². The summed E-state index contributed by atoms with van der Waals surface area (Å²) < 4.78 is 5.09. The highest BCUT2D eigenvalue weighted by Crippen LogP contribution is 2.28. The third-order valence-electron chi connectivity index (χ3n) is 3.91. The van der Waals surface area contributed by atoms with Gasteiger partial charge in [0.1, 0.15) is 11.6 Å². The second-order valence-electron chi connectivity index (χ2n) is 7.12. The number of fused-ring (bicyclic) bond motifs is 2. The van der Waals surface area contributed by atoms with Gasteiger partial charge in [-0.05, 0) is 40.0 Å². The number of nitrogens with one attached hydrogen (secondary N) is 2. The molecule has 0 aromatic rings. The first-order chi connectivity index (χ1) is 11.7. The van der Waals surface area contributed by atoms with E-state index in [2.05, 4.69) is 10.8 Å². The van der Waals surface area contributed by atoms with Crippen LogP contribution in [0, 0.1) is 0 Å². The van der Waals surface area contributed by atoms with Crippen molar-refractivity contribution in [2.75, 3.05) is 19.7 Å². The third kappa shape index (κ3) is 5.20. The van der Waals surface area contributed by atoms with Gasteiger partial charge in [0.05, 0.1) is 12.6 Å². The Morgan fingerprint density at radius 3 is 2.72 bits per heavy atom. The highest BCUT2D eigenvalue weighted by Gasteiger charge is 2.46. The van der Waals surface area contributed by atoms with Gasteiger partial charge >= 0.3 is 12.1 Å². The van der Waals surface area contributed by atoms with Crippen LogP contribution in [-0.2, 0) is 14.4 Å². The normalized spacial score (nSPS) is 22.8. The van der Waals surface area contributed by atoms with Crippen LogP contribution in [-0.4, -0.2) is 70.6 Å². The first kappa shape index (κ1) is 19.3. The Hall–Kier alpha value is -2.07. The summed E-state index contributed by atoms with van der Waals surface area (Å²) in [7, 11) is 0. The monoisotopic (exact) mass is 358 g/mol. The summed E-state index contributed by atoms with van der Waals surface area (Å²) in [6.45, 7) is 6.23. The zero-order valence-electron chi connectivity index (χ0n) is 14.8. The molecule has 0 aromatic heterocycles. The lowest BCUT2D eigenvalue weighted by Crippen LogP contribution is -2.49. The second-order valence-corrected chi connectivity index (χ2v) is 7.12. The van der Waals surface area contributed by atoms with Gasteiger partial charge in [-0.2, -0.15) is 0 Å². The highest BCUT2D eigenvalue weighted by molar-refractivity contribution is 5.87. The van der Waals surface area contributed by atoms with Gasteiger partial charge in [-0.1, -0.05) is 0 Å². The molecule has 25 heavy (non-hydrogen) atoms. The van der Waals surface area contributed by atoms with E-state index in [9.17, 15) is 19.6 Å². The number of hydrogen-bond acceptors (Lipinski definition) is 6. The second kappa shape index (κ2) is 7.87. The van der Waals surface area contributed by atoms with Crippen LogP contribution < -0.4 is 10.8 Å². The topological polar surface area (TPSA) is 120 Å². The molecule has 142 valence electrons. The van der Waals surface area contributed by atoms with Crippen molar-refractivity contribution in [3.8, 4) is 0 Å². The fourth-order valence-corrected chi connectivity index (χ4v) is 2.76. The summed E-state index contributed by atoms with van der Waals surface area (Å²) >= 11 is 0. The van der Waals surface area contributed by atoms with Crippen LogP contribution in [0.15, 0.2) is 0 Å². The largest absolute Gasteiger partial charge is 0.444 e. The van der Waals surface area contributed by atoms with Gasteiger partial charge in [0.15, 0.2) is 0 Å². The fraction of sp³-hybridized carbons (Fsp3) is 0.800. The Morgan fingerprint density at radius 2 is 2.04 bits per heavy atom. The van der Waals surface area contributed by atoms with E-state index in [-0.39, 0.29) is 12.6 Å². The number of nitrogens with zero attached hydrogens (tertiary/aromatic N) is 2. The van der Waals surface area contributed by atoms with Gasteiger partial charge in [-0.3, -0.25) is 14.8 Å². The molecule has 10 heteroatoms. The number of urea groups is 1. The molecular weight excluding hydrogens is 332 g/mol. The molecule has 0 unspecified atom stereocenters. The minimum Gasteiger partial charge on any atom is -0.444 e. The number of ether oxygens (including phenoxy) is 1. The molecule has 4 amide bonds. The minimum absolute atomic E-state index is 0.205. The Morgan fingerprint density at radius 1 is 1.32 bits per heavy atom. The van der Waals surface area contributed by atoms with Gasteiger partial charge in [0.2, 0.25) is 0 Å². The standard InChI is InChI=1S/C15H26N4O6/c1-15(2,3)25-13(21)16-7-4-8-24-17-12(20)11-6-5-10-9-18(11)14(22)19(10)23/h10-11,23H,4-9H2,1-3H3,(H,16,21)(H,17,20)/t10-,11+/m1/s1. The number of carbonyl (C=O) groups is 3. The molecule has 2 atom stereocenters. The molecule has 10 nitrogen and oxygen atoms in total. The number of piperidine rings is 1. The van der Waals surface area contributed by atoms with Gasteiger partial charge in [0, 0.05) is 13.1 Å². The lowest BCUT2D eigenvalue weighted by atomic mass is 10.0. The van der Waals surface area contributed by atoms with E-state index < -0.39 is 29.7 Å². The van der Waals surface area contributed by atoms with Crippen LogP contribution in [0.5, 0.6) is 0 Å². The zero-order valence-corrected chi connectivity index (χ0v) is 14.8. The quantitative estimate of drug-likeness (QED) is 0.363. The summed E-state index contributed by atoms with van der Waals surface area (Å²) in [5.41, 5.74) is 1.77. The number of rotatable bonds is 6. The van der Waals surface area contributed by atoms with E-state index in [1.807, 2.05) is 0 Å². The Kier molecular flexibility index (Phi) is 6.07. The van der Waals surface area contributed by atoms with Crippen molar-refractivity contribution in [2.45, 2.75) is 57.7 Å². The van der Waals surface area contributed by atoms with Crippen LogP contribution >= 0.6 is 0 Å². The smallest absolute Gasteiger partial charge is 0.407 e. The van der Waals surface area contributed by atoms with Gasteiger partial charge in [0.25, 0.3) is 5.91 Å². The van der Waals surface area contributed by atoms with Crippen molar-refractivity contribution >= 4 is 18.0 Å². The molecule has 0 spiro atoms. The number of hydrogen-bond donors (Lipinski definition) is 3. The van der Waals surface area contributed by atoms with Crippen molar-refractivity contribution < 1.29 is 29.2 Å². The Bertz CT molecular complexity index is 521. The molecule has 0 saturated carbocycles. The van der Waals surface area contributed by atoms with Crippen LogP contribution in [0.2, 0.25) is 0 Å². The number of hydroxylamine groups is 3. The molecule has 2 aliphatic rings. The molecule has 2 rings (SSSR count). The van der Waals surface area contributed by atoms with E-state index in [1.165, 1.54) is 4.90 Å². The van der Waals surface area contributed by atoms with E-state index in [1.54, 1.807) is 20.8 Å². The molecule has 0 aliphatic carbocycles. The number of amides is 4.